The summed E-state index contributed by atoms with van der Waals surface area (Å²) in [5.41, 5.74) is 0.929. The fourth-order valence-corrected chi connectivity index (χ4v) is 1.23. The zero-order valence-electron chi connectivity index (χ0n) is 7.23. The van der Waals surface area contributed by atoms with Crippen LogP contribution in [0.15, 0.2) is 6.07 Å². The van der Waals surface area contributed by atoms with Crippen LogP contribution in [0.1, 0.15) is 24.5 Å². The second-order valence-corrected chi connectivity index (χ2v) is 3.17. The van der Waals surface area contributed by atoms with Crippen molar-refractivity contribution < 1.29 is 14.6 Å². The van der Waals surface area contributed by atoms with Crippen LogP contribution >= 0.6 is 0 Å². The molecule has 2 rings (SSSR count). The lowest BCUT2D eigenvalue weighted by Crippen LogP contribution is -2.06. The summed E-state index contributed by atoms with van der Waals surface area (Å²) in [5.74, 6) is 0.798. The summed E-state index contributed by atoms with van der Waals surface area (Å²) in [7, 11) is 1.67. The summed E-state index contributed by atoms with van der Waals surface area (Å²) in [6, 6.07) is 1.69. The first-order valence-corrected chi connectivity index (χ1v) is 4.11. The molecule has 0 aliphatic heterocycles. The number of aromatic nitrogens is 2. The van der Waals surface area contributed by atoms with E-state index in [2.05, 4.69) is 9.84 Å². The maximum Gasteiger partial charge on any atom is 0.512 e. The van der Waals surface area contributed by atoms with E-state index in [-0.39, 0.29) is 5.88 Å². The molecule has 1 aliphatic rings. The molecule has 0 radical (unpaired) electrons. The highest BCUT2D eigenvalue weighted by Gasteiger charge is 2.27. The maximum atomic E-state index is 10.3. The normalized spacial score (nSPS) is 15.8. The molecule has 1 heterocycles. The van der Waals surface area contributed by atoms with E-state index < -0.39 is 6.16 Å². The molecule has 70 valence electrons. The van der Waals surface area contributed by atoms with Gasteiger partial charge in [-0.3, -0.25) is 0 Å². The van der Waals surface area contributed by atoms with E-state index in [4.69, 9.17) is 5.11 Å². The molecular formula is C8H10N2O3. The van der Waals surface area contributed by atoms with E-state index in [0.717, 1.165) is 18.5 Å². The lowest BCUT2D eigenvalue weighted by atomic mass is 10.3. The highest BCUT2D eigenvalue weighted by molar-refractivity contribution is 5.60. The smallest absolute Gasteiger partial charge is 0.449 e. The summed E-state index contributed by atoms with van der Waals surface area (Å²) in [6.45, 7) is 0. The molecule has 13 heavy (non-hydrogen) atoms. The van der Waals surface area contributed by atoms with Gasteiger partial charge in [0.05, 0.1) is 5.69 Å². The minimum atomic E-state index is -1.30. The van der Waals surface area contributed by atoms with Crippen LogP contribution in [0.25, 0.3) is 0 Å². The molecule has 0 aromatic carbocycles. The second-order valence-electron chi connectivity index (χ2n) is 3.17. The van der Waals surface area contributed by atoms with Crippen LogP contribution < -0.4 is 4.74 Å². The number of nitrogens with zero attached hydrogens (tertiary/aromatic N) is 2. The van der Waals surface area contributed by atoms with E-state index in [1.165, 1.54) is 4.68 Å². The number of rotatable bonds is 2. The Kier molecular flexibility index (Phi) is 1.72. The SMILES string of the molecule is Cn1nc(C2CC2)cc1OC(=O)O. The Labute approximate surface area is 74.9 Å². The van der Waals surface area contributed by atoms with Crippen molar-refractivity contribution in [2.24, 2.45) is 7.05 Å². The fourth-order valence-electron chi connectivity index (χ4n) is 1.23. The van der Waals surface area contributed by atoms with E-state index in [9.17, 15) is 4.79 Å². The van der Waals surface area contributed by atoms with E-state index >= 15 is 0 Å². The third-order valence-electron chi connectivity index (χ3n) is 2.04. The molecule has 1 aromatic rings. The van der Waals surface area contributed by atoms with Gasteiger partial charge in [-0.1, -0.05) is 0 Å². The summed E-state index contributed by atoms with van der Waals surface area (Å²) < 4.78 is 5.97. The molecule has 0 saturated heterocycles. The number of ether oxygens (including phenoxy) is 1. The first-order valence-electron chi connectivity index (χ1n) is 4.11. The molecule has 1 aliphatic carbocycles. The van der Waals surface area contributed by atoms with Gasteiger partial charge >= 0.3 is 6.16 Å². The molecule has 1 fully saturated rings. The molecule has 1 N–H and O–H groups in total. The molecule has 5 heteroatoms. The Bertz CT molecular complexity index is 341. The average molecular weight is 182 g/mol. The quantitative estimate of drug-likeness (QED) is 0.701. The van der Waals surface area contributed by atoms with Crippen LogP contribution in [0.2, 0.25) is 0 Å². The molecule has 0 unspecified atom stereocenters. The van der Waals surface area contributed by atoms with Crippen LogP contribution in [0.5, 0.6) is 5.88 Å². The predicted octanol–water partition coefficient (Wildman–Crippen LogP) is 1.35. The van der Waals surface area contributed by atoms with Gasteiger partial charge in [-0.05, 0) is 12.8 Å². The molecule has 1 saturated carbocycles. The van der Waals surface area contributed by atoms with Crippen LogP contribution in [-0.4, -0.2) is 21.0 Å². The number of hydrogen-bond acceptors (Lipinski definition) is 3. The van der Waals surface area contributed by atoms with Crippen LogP contribution in [0.4, 0.5) is 4.79 Å². The van der Waals surface area contributed by atoms with E-state index in [0.29, 0.717) is 5.92 Å². The molecule has 1 aromatic heterocycles. The monoisotopic (exact) mass is 182 g/mol. The average Bonchev–Trinajstić information content (AvgIpc) is 2.79. The van der Waals surface area contributed by atoms with Crippen molar-refractivity contribution in [2.45, 2.75) is 18.8 Å². The lowest BCUT2D eigenvalue weighted by Gasteiger charge is -1.96. The van der Waals surface area contributed by atoms with Crippen molar-refractivity contribution in [1.29, 1.82) is 0 Å². The topological polar surface area (TPSA) is 64.4 Å². The zero-order valence-corrected chi connectivity index (χ0v) is 7.23. The summed E-state index contributed by atoms with van der Waals surface area (Å²) in [4.78, 5) is 10.3. The Balaban J connectivity index is 2.19. The summed E-state index contributed by atoms with van der Waals surface area (Å²) in [5, 5.41) is 12.5. The van der Waals surface area contributed by atoms with Crippen molar-refractivity contribution in [1.82, 2.24) is 9.78 Å². The largest absolute Gasteiger partial charge is 0.512 e. The van der Waals surface area contributed by atoms with Gasteiger partial charge in [0.15, 0.2) is 0 Å². The van der Waals surface area contributed by atoms with Gasteiger partial charge < -0.3 is 9.84 Å². The predicted molar refractivity (Wildman–Crippen MR) is 43.8 cm³/mol. The van der Waals surface area contributed by atoms with Crippen LogP contribution in [-0.2, 0) is 7.05 Å². The minimum absolute atomic E-state index is 0.286. The second kappa shape index (κ2) is 2.76. The Hall–Kier alpha value is -1.52. The number of carboxylic acid groups (broad SMARTS) is 1. The maximum absolute atomic E-state index is 10.3. The Morgan fingerprint density at radius 3 is 3.00 bits per heavy atom. The van der Waals surface area contributed by atoms with E-state index in [1.807, 2.05) is 0 Å². The van der Waals surface area contributed by atoms with Gasteiger partial charge in [0.25, 0.3) is 0 Å². The van der Waals surface area contributed by atoms with Crippen molar-refractivity contribution in [3.63, 3.8) is 0 Å². The summed E-state index contributed by atoms with van der Waals surface area (Å²) >= 11 is 0. The van der Waals surface area contributed by atoms with Crippen molar-refractivity contribution in [2.75, 3.05) is 0 Å². The van der Waals surface area contributed by atoms with Crippen LogP contribution in [0.3, 0.4) is 0 Å². The minimum Gasteiger partial charge on any atom is -0.449 e. The molecular weight excluding hydrogens is 172 g/mol. The van der Waals surface area contributed by atoms with Gasteiger partial charge in [-0.15, -0.1) is 0 Å². The number of hydrogen-bond donors (Lipinski definition) is 1. The van der Waals surface area contributed by atoms with Crippen molar-refractivity contribution in [3.8, 4) is 5.88 Å². The molecule has 0 amide bonds. The Morgan fingerprint density at radius 2 is 2.46 bits per heavy atom. The third kappa shape index (κ3) is 1.63. The lowest BCUT2D eigenvalue weighted by molar-refractivity contribution is 0.140. The first kappa shape index (κ1) is 8.10. The first-order chi connectivity index (χ1) is 6.16. The van der Waals surface area contributed by atoms with E-state index in [1.54, 1.807) is 13.1 Å². The number of aryl methyl sites for hydroxylation is 1. The van der Waals surface area contributed by atoms with Gasteiger partial charge in [0, 0.05) is 19.0 Å². The molecule has 0 spiro atoms. The van der Waals surface area contributed by atoms with Gasteiger partial charge in [0.2, 0.25) is 5.88 Å². The standard InChI is InChI=1S/C8H10N2O3/c1-10-7(13-8(11)12)4-6(9-10)5-2-3-5/h4-5H,2-3H2,1H3,(H,11,12). The van der Waals surface area contributed by atoms with Crippen molar-refractivity contribution >= 4 is 6.16 Å². The highest BCUT2D eigenvalue weighted by atomic mass is 16.7. The van der Waals surface area contributed by atoms with Crippen LogP contribution in [0, 0.1) is 0 Å². The fraction of sp³-hybridized carbons (Fsp3) is 0.500. The summed E-state index contributed by atoms with van der Waals surface area (Å²) in [6.07, 6.45) is 0.984. The van der Waals surface area contributed by atoms with Gasteiger partial charge in [0.1, 0.15) is 0 Å². The molecule has 0 atom stereocenters. The van der Waals surface area contributed by atoms with Gasteiger partial charge in [-0.2, -0.15) is 5.10 Å². The third-order valence-corrected chi connectivity index (χ3v) is 2.04. The number of carbonyl (C=O) groups is 1. The Morgan fingerprint density at radius 1 is 1.77 bits per heavy atom. The molecule has 0 bridgehead atoms. The molecule has 5 nitrogen and oxygen atoms in total. The zero-order chi connectivity index (χ0) is 9.42. The van der Waals surface area contributed by atoms with Gasteiger partial charge in [-0.25, -0.2) is 9.48 Å². The van der Waals surface area contributed by atoms with Crippen molar-refractivity contribution in [3.05, 3.63) is 11.8 Å². The highest BCUT2D eigenvalue weighted by Crippen LogP contribution is 2.40.